The molecule has 0 saturated carbocycles. The first-order valence-electron chi connectivity index (χ1n) is 2.04. The summed E-state index contributed by atoms with van der Waals surface area (Å²) < 4.78 is 19.5. The maximum Gasteiger partial charge on any atom is 1.00 e. The van der Waals surface area contributed by atoms with E-state index in [4.69, 9.17) is 0 Å². The van der Waals surface area contributed by atoms with E-state index < -0.39 is 15.8 Å². The first-order valence-corrected chi connectivity index (χ1v) is 3.11. The van der Waals surface area contributed by atoms with Crippen molar-refractivity contribution in [1.82, 2.24) is 0 Å². The first-order chi connectivity index (χ1) is 2.94. The van der Waals surface area contributed by atoms with Crippen molar-refractivity contribution in [3.05, 3.63) is 0 Å². The number of rotatable bonds is 0. The molecule has 0 aliphatic carbocycles. The van der Waals surface area contributed by atoms with E-state index in [1.807, 2.05) is 0 Å². The van der Waals surface area contributed by atoms with Crippen molar-refractivity contribution in [3.63, 3.8) is 0 Å². The molecule has 0 aromatic carbocycles. The zero-order valence-electron chi connectivity index (χ0n) is 5.72. The molecule has 8 heavy (non-hydrogen) atoms. The van der Waals surface area contributed by atoms with Gasteiger partial charge in [0, 0.05) is 4.75 Å². The van der Waals surface area contributed by atoms with Crippen LogP contribution in [-0.2, 0) is 11.1 Å². The average molecular weight is 128 g/mol. The summed E-state index contributed by atoms with van der Waals surface area (Å²) in [6.07, 6.45) is 0. The smallest absolute Gasteiger partial charge is 0.772 e. The Morgan fingerprint density at radius 2 is 1.50 bits per heavy atom. The number of hydrogen-bond donors (Lipinski definition) is 0. The SMILES string of the molecule is CC(C)(C)S(=O)[O-].[Li+]. The predicted octanol–water partition coefficient (Wildman–Crippen LogP) is -2.33. The van der Waals surface area contributed by atoms with E-state index in [1.54, 1.807) is 20.8 Å². The summed E-state index contributed by atoms with van der Waals surface area (Å²) in [6.45, 7) is 4.95. The topological polar surface area (TPSA) is 40.1 Å². The van der Waals surface area contributed by atoms with Crippen LogP contribution >= 0.6 is 0 Å². The van der Waals surface area contributed by atoms with Gasteiger partial charge in [-0.1, -0.05) is 0 Å². The molecule has 4 heteroatoms. The zero-order valence-corrected chi connectivity index (χ0v) is 6.54. The van der Waals surface area contributed by atoms with Crippen molar-refractivity contribution in [2.45, 2.75) is 25.5 Å². The van der Waals surface area contributed by atoms with Crippen molar-refractivity contribution in [2.24, 2.45) is 0 Å². The fraction of sp³-hybridized carbons (Fsp3) is 1.00. The minimum absolute atomic E-state index is 0. The summed E-state index contributed by atoms with van der Waals surface area (Å²) in [5.41, 5.74) is 0. The third-order valence-corrected chi connectivity index (χ3v) is 1.50. The van der Waals surface area contributed by atoms with E-state index >= 15 is 0 Å². The van der Waals surface area contributed by atoms with Crippen LogP contribution < -0.4 is 18.9 Å². The molecular formula is C4H9LiO2S. The summed E-state index contributed by atoms with van der Waals surface area (Å²) in [7, 11) is 0. The first kappa shape index (κ1) is 11.5. The van der Waals surface area contributed by atoms with Crippen LogP contribution in [0.3, 0.4) is 0 Å². The van der Waals surface area contributed by atoms with Crippen molar-refractivity contribution in [1.29, 1.82) is 0 Å². The van der Waals surface area contributed by atoms with Gasteiger partial charge >= 0.3 is 18.9 Å². The molecular weight excluding hydrogens is 119 g/mol. The van der Waals surface area contributed by atoms with Gasteiger partial charge < -0.3 is 4.55 Å². The molecule has 1 atom stereocenters. The molecule has 0 heterocycles. The monoisotopic (exact) mass is 128 g/mol. The largest absolute Gasteiger partial charge is 1.00 e. The standard InChI is InChI=1S/C4H10O2S.Li/c1-4(2,3)7(5)6;/h1-3H3,(H,5,6);/q;+1/p-1. The summed E-state index contributed by atoms with van der Waals surface area (Å²) in [4.78, 5) is 0. The normalized spacial score (nSPS) is 14.5. The molecule has 0 radical (unpaired) electrons. The van der Waals surface area contributed by atoms with Gasteiger partial charge in [0.1, 0.15) is 0 Å². The van der Waals surface area contributed by atoms with Crippen molar-refractivity contribution in [2.75, 3.05) is 0 Å². The van der Waals surface area contributed by atoms with Crippen LogP contribution in [0.5, 0.6) is 0 Å². The second-order valence-electron chi connectivity index (χ2n) is 2.35. The Labute approximate surface area is 64.5 Å². The van der Waals surface area contributed by atoms with Gasteiger partial charge in [-0.15, -0.1) is 0 Å². The van der Waals surface area contributed by atoms with E-state index in [1.165, 1.54) is 0 Å². The molecule has 0 fully saturated rings. The van der Waals surface area contributed by atoms with Gasteiger partial charge in [-0.3, -0.25) is 4.21 Å². The van der Waals surface area contributed by atoms with Crippen molar-refractivity contribution in [3.8, 4) is 0 Å². The quantitative estimate of drug-likeness (QED) is 0.271. The predicted molar refractivity (Wildman–Crippen MR) is 28.7 cm³/mol. The Bertz CT molecular complexity index is 86.5. The summed E-state index contributed by atoms with van der Waals surface area (Å²) in [6, 6.07) is 0. The fourth-order valence-electron chi connectivity index (χ4n) is 0. The van der Waals surface area contributed by atoms with E-state index in [0.29, 0.717) is 0 Å². The van der Waals surface area contributed by atoms with Crippen LogP contribution in [0.25, 0.3) is 0 Å². The van der Waals surface area contributed by atoms with E-state index in [0.717, 1.165) is 0 Å². The van der Waals surface area contributed by atoms with Gasteiger partial charge in [-0.25, -0.2) is 0 Å². The van der Waals surface area contributed by atoms with Crippen LogP contribution in [0.4, 0.5) is 0 Å². The van der Waals surface area contributed by atoms with E-state index in [9.17, 15) is 8.76 Å². The molecule has 0 rings (SSSR count). The Morgan fingerprint density at radius 1 is 1.38 bits per heavy atom. The maximum atomic E-state index is 10.0. The number of hydrogen-bond acceptors (Lipinski definition) is 2. The second-order valence-corrected chi connectivity index (χ2v) is 4.04. The molecule has 0 aromatic rings. The van der Waals surface area contributed by atoms with E-state index in [-0.39, 0.29) is 18.9 Å². The van der Waals surface area contributed by atoms with Gasteiger partial charge in [-0.05, 0) is 31.9 Å². The fourth-order valence-corrected chi connectivity index (χ4v) is 0. The summed E-state index contributed by atoms with van der Waals surface area (Å²) >= 11 is -1.93. The molecule has 1 unspecified atom stereocenters. The molecule has 44 valence electrons. The van der Waals surface area contributed by atoms with Gasteiger partial charge in [0.15, 0.2) is 0 Å². The molecule has 0 aliphatic rings. The molecule has 2 nitrogen and oxygen atoms in total. The second kappa shape index (κ2) is 3.68. The molecule has 0 N–H and O–H groups in total. The Hall–Kier alpha value is 0.707. The molecule has 0 amide bonds. The van der Waals surface area contributed by atoms with Crippen molar-refractivity contribution < 1.29 is 27.6 Å². The third kappa shape index (κ3) is 4.86. The Balaban J connectivity index is 0. The Kier molecular flexibility index (Phi) is 5.29. The summed E-state index contributed by atoms with van der Waals surface area (Å²) in [5.74, 6) is 0. The van der Waals surface area contributed by atoms with Gasteiger partial charge in [0.05, 0.1) is 0 Å². The van der Waals surface area contributed by atoms with Crippen molar-refractivity contribution >= 4 is 11.1 Å². The van der Waals surface area contributed by atoms with Gasteiger partial charge in [-0.2, -0.15) is 0 Å². The minimum atomic E-state index is -1.93. The molecule has 0 bridgehead atoms. The summed E-state index contributed by atoms with van der Waals surface area (Å²) in [5, 5.41) is 0. The average Bonchev–Trinajstić information content (AvgIpc) is 1.31. The third-order valence-electron chi connectivity index (χ3n) is 0.500. The van der Waals surface area contributed by atoms with Crippen LogP contribution in [0.15, 0.2) is 0 Å². The van der Waals surface area contributed by atoms with Crippen LogP contribution in [0.2, 0.25) is 0 Å². The molecule has 0 spiro atoms. The Morgan fingerprint density at radius 3 is 1.50 bits per heavy atom. The van der Waals surface area contributed by atoms with Gasteiger partial charge in [0.25, 0.3) is 0 Å². The molecule has 0 aromatic heterocycles. The zero-order chi connectivity index (χ0) is 6.08. The molecule has 0 aliphatic heterocycles. The van der Waals surface area contributed by atoms with Crippen LogP contribution in [0, 0.1) is 0 Å². The van der Waals surface area contributed by atoms with Gasteiger partial charge in [0.2, 0.25) is 0 Å². The van der Waals surface area contributed by atoms with Crippen LogP contribution in [0.1, 0.15) is 20.8 Å². The van der Waals surface area contributed by atoms with Crippen LogP contribution in [-0.4, -0.2) is 13.5 Å². The minimum Gasteiger partial charge on any atom is -0.772 e. The maximum absolute atomic E-state index is 10.0. The van der Waals surface area contributed by atoms with E-state index in [2.05, 4.69) is 0 Å². The molecule has 0 saturated heterocycles.